The van der Waals surface area contributed by atoms with E-state index in [1.807, 2.05) is 45.0 Å². The third kappa shape index (κ3) is 3.60. The molecule has 6 heteroatoms. The number of morpholine rings is 1. The van der Waals surface area contributed by atoms with Gasteiger partial charge < -0.3 is 4.74 Å². The highest BCUT2D eigenvalue weighted by molar-refractivity contribution is 7.89. The molecule has 0 aromatic heterocycles. The van der Waals surface area contributed by atoms with Crippen LogP contribution in [0.1, 0.15) is 31.1 Å². The topological polar surface area (TPSA) is 46.6 Å². The zero-order valence-electron chi connectivity index (χ0n) is 14.6. The largest absolute Gasteiger partial charge is 0.370 e. The molecule has 2 aromatic carbocycles. The summed E-state index contributed by atoms with van der Waals surface area (Å²) in [6.45, 7) is 6.32. The van der Waals surface area contributed by atoms with E-state index in [0.29, 0.717) is 6.61 Å². The van der Waals surface area contributed by atoms with Crippen LogP contribution in [0.15, 0.2) is 53.4 Å². The molecule has 1 heterocycles. The molecule has 4 nitrogen and oxygen atoms in total. The SMILES string of the molecule is Cc1ccc(C2CN(S(=O)(=O)c3ccccc3Cl)C(C)(C)CO2)cc1. The van der Waals surface area contributed by atoms with Gasteiger partial charge in [-0.25, -0.2) is 8.42 Å². The molecular formula is C19H22ClNO3S. The molecule has 1 aliphatic rings. The van der Waals surface area contributed by atoms with Crippen LogP contribution in [0.4, 0.5) is 0 Å². The van der Waals surface area contributed by atoms with Crippen LogP contribution in [0.2, 0.25) is 5.02 Å². The molecular weight excluding hydrogens is 358 g/mol. The first-order valence-electron chi connectivity index (χ1n) is 8.17. The Morgan fingerprint density at radius 2 is 1.76 bits per heavy atom. The van der Waals surface area contributed by atoms with Crippen LogP contribution in [0, 0.1) is 6.92 Å². The maximum Gasteiger partial charge on any atom is 0.245 e. The monoisotopic (exact) mass is 379 g/mol. The number of nitrogens with zero attached hydrogens (tertiary/aromatic N) is 1. The van der Waals surface area contributed by atoms with Crippen LogP contribution in [0.3, 0.4) is 0 Å². The minimum atomic E-state index is -3.73. The molecule has 3 rings (SSSR count). The molecule has 25 heavy (non-hydrogen) atoms. The van der Waals surface area contributed by atoms with Gasteiger partial charge in [-0.3, -0.25) is 0 Å². The van der Waals surface area contributed by atoms with Gasteiger partial charge in [-0.15, -0.1) is 0 Å². The van der Waals surface area contributed by atoms with E-state index in [1.165, 1.54) is 4.31 Å². The molecule has 0 amide bonds. The third-order valence-corrected chi connectivity index (χ3v) is 7.08. The first-order valence-corrected chi connectivity index (χ1v) is 9.99. The van der Waals surface area contributed by atoms with Crippen molar-refractivity contribution < 1.29 is 13.2 Å². The lowest BCUT2D eigenvalue weighted by Crippen LogP contribution is -2.56. The Balaban J connectivity index is 1.97. The fraction of sp³-hybridized carbons (Fsp3) is 0.368. The van der Waals surface area contributed by atoms with Crippen LogP contribution >= 0.6 is 11.6 Å². The zero-order chi connectivity index (χ0) is 18.2. The second kappa shape index (κ2) is 6.72. The van der Waals surface area contributed by atoms with Gasteiger partial charge in [-0.1, -0.05) is 53.6 Å². The van der Waals surface area contributed by atoms with Crippen molar-refractivity contribution >= 4 is 21.6 Å². The van der Waals surface area contributed by atoms with Crippen molar-refractivity contribution in [3.63, 3.8) is 0 Å². The second-order valence-corrected chi connectivity index (χ2v) is 9.23. The number of halogens is 1. The summed E-state index contributed by atoms with van der Waals surface area (Å²) in [7, 11) is -3.73. The van der Waals surface area contributed by atoms with E-state index in [1.54, 1.807) is 24.3 Å². The molecule has 0 spiro atoms. The molecule has 1 unspecified atom stereocenters. The van der Waals surface area contributed by atoms with Gasteiger partial charge in [0.2, 0.25) is 10.0 Å². The number of ether oxygens (including phenoxy) is 1. The van der Waals surface area contributed by atoms with Crippen molar-refractivity contribution in [2.45, 2.75) is 37.3 Å². The van der Waals surface area contributed by atoms with Crippen molar-refractivity contribution in [2.75, 3.05) is 13.2 Å². The molecule has 1 saturated heterocycles. The van der Waals surface area contributed by atoms with Crippen LogP contribution < -0.4 is 0 Å². The van der Waals surface area contributed by atoms with Gasteiger partial charge in [-0.05, 0) is 38.5 Å². The minimum absolute atomic E-state index is 0.134. The van der Waals surface area contributed by atoms with Gasteiger partial charge in [0.15, 0.2) is 0 Å². The highest BCUT2D eigenvalue weighted by Crippen LogP contribution is 2.36. The maximum absolute atomic E-state index is 13.2. The van der Waals surface area contributed by atoms with Crippen LogP contribution in [0.5, 0.6) is 0 Å². The average molecular weight is 380 g/mol. The van der Waals surface area contributed by atoms with Gasteiger partial charge in [0, 0.05) is 6.54 Å². The molecule has 0 bridgehead atoms. The lowest BCUT2D eigenvalue weighted by atomic mass is 10.0. The molecule has 1 aliphatic heterocycles. The number of benzene rings is 2. The van der Waals surface area contributed by atoms with Gasteiger partial charge in [0.05, 0.1) is 23.3 Å². The second-order valence-electron chi connectivity index (χ2n) is 6.99. The summed E-state index contributed by atoms with van der Waals surface area (Å²) in [4.78, 5) is 0.134. The van der Waals surface area contributed by atoms with Crippen molar-refractivity contribution in [1.82, 2.24) is 4.31 Å². The van der Waals surface area contributed by atoms with E-state index in [2.05, 4.69) is 0 Å². The Bertz CT molecular complexity index is 862. The lowest BCUT2D eigenvalue weighted by molar-refractivity contribution is -0.0655. The normalized spacial score (nSPS) is 21.2. The Hall–Kier alpha value is -1.40. The molecule has 0 radical (unpaired) electrons. The minimum Gasteiger partial charge on any atom is -0.370 e. The molecule has 1 fully saturated rings. The van der Waals surface area contributed by atoms with Crippen molar-refractivity contribution in [3.8, 4) is 0 Å². The van der Waals surface area contributed by atoms with E-state index in [-0.39, 0.29) is 22.6 Å². The van der Waals surface area contributed by atoms with E-state index < -0.39 is 15.6 Å². The highest BCUT2D eigenvalue weighted by atomic mass is 35.5. The van der Waals surface area contributed by atoms with Crippen LogP contribution in [-0.4, -0.2) is 31.4 Å². The van der Waals surface area contributed by atoms with Gasteiger partial charge in [0.25, 0.3) is 0 Å². The third-order valence-electron chi connectivity index (χ3n) is 4.50. The van der Waals surface area contributed by atoms with Crippen LogP contribution in [0.25, 0.3) is 0 Å². The number of rotatable bonds is 3. The first kappa shape index (κ1) is 18.4. The summed E-state index contributed by atoms with van der Waals surface area (Å²) >= 11 is 6.15. The fourth-order valence-electron chi connectivity index (χ4n) is 3.01. The van der Waals surface area contributed by atoms with E-state index in [9.17, 15) is 8.42 Å². The van der Waals surface area contributed by atoms with Gasteiger partial charge in [0.1, 0.15) is 4.90 Å². The number of aryl methyl sites for hydroxylation is 1. The van der Waals surface area contributed by atoms with Crippen molar-refractivity contribution in [2.24, 2.45) is 0 Å². The number of hydrogen-bond acceptors (Lipinski definition) is 3. The Kier molecular flexibility index (Phi) is 4.95. The highest BCUT2D eigenvalue weighted by Gasteiger charge is 2.43. The molecule has 134 valence electrons. The summed E-state index contributed by atoms with van der Waals surface area (Å²) in [5, 5.41) is 0.233. The van der Waals surface area contributed by atoms with E-state index in [0.717, 1.165) is 11.1 Å². The Labute approximate surface area is 154 Å². The molecule has 2 aromatic rings. The molecule has 0 saturated carbocycles. The summed E-state index contributed by atoms with van der Waals surface area (Å²) in [6, 6.07) is 14.5. The summed E-state index contributed by atoms with van der Waals surface area (Å²) in [6.07, 6.45) is -0.300. The summed E-state index contributed by atoms with van der Waals surface area (Å²) < 4.78 is 34.0. The lowest BCUT2D eigenvalue weighted by Gasteiger charge is -2.44. The van der Waals surface area contributed by atoms with Crippen molar-refractivity contribution in [3.05, 3.63) is 64.7 Å². The Morgan fingerprint density at radius 3 is 2.40 bits per heavy atom. The summed E-state index contributed by atoms with van der Waals surface area (Å²) in [5.74, 6) is 0. The molecule has 1 atom stereocenters. The van der Waals surface area contributed by atoms with Crippen molar-refractivity contribution in [1.29, 1.82) is 0 Å². The zero-order valence-corrected chi connectivity index (χ0v) is 16.1. The Morgan fingerprint density at radius 1 is 1.12 bits per heavy atom. The number of hydrogen-bond donors (Lipinski definition) is 0. The van der Waals surface area contributed by atoms with Gasteiger partial charge in [-0.2, -0.15) is 4.31 Å². The predicted octanol–water partition coefficient (Wildman–Crippen LogP) is 4.19. The first-order chi connectivity index (χ1) is 11.7. The maximum atomic E-state index is 13.2. The smallest absolute Gasteiger partial charge is 0.245 e. The number of sulfonamides is 1. The molecule has 0 aliphatic carbocycles. The molecule has 0 N–H and O–H groups in total. The standard InChI is InChI=1S/C19H22ClNO3S/c1-14-8-10-15(11-9-14)17-12-21(19(2,3)13-24-17)25(22,23)18-7-5-4-6-16(18)20/h4-11,17H,12-13H2,1-3H3. The summed E-state index contributed by atoms with van der Waals surface area (Å²) in [5.41, 5.74) is 1.47. The van der Waals surface area contributed by atoms with E-state index in [4.69, 9.17) is 16.3 Å². The average Bonchev–Trinajstić information content (AvgIpc) is 2.55. The quantitative estimate of drug-likeness (QED) is 0.803. The fourth-order valence-corrected chi connectivity index (χ4v) is 5.27. The van der Waals surface area contributed by atoms with E-state index >= 15 is 0 Å². The predicted molar refractivity (Wildman–Crippen MR) is 99.3 cm³/mol. The van der Waals surface area contributed by atoms with Crippen LogP contribution in [-0.2, 0) is 14.8 Å². The van der Waals surface area contributed by atoms with Gasteiger partial charge >= 0.3 is 0 Å².